The minimum atomic E-state index is -4.66. The molecule has 0 aliphatic heterocycles. The number of ether oxygens (including phenoxy) is 2. The van der Waals surface area contributed by atoms with Crippen LogP contribution in [0.25, 0.3) is 0 Å². The van der Waals surface area contributed by atoms with Crippen molar-refractivity contribution in [1.29, 1.82) is 0 Å². The van der Waals surface area contributed by atoms with Gasteiger partial charge in [0.1, 0.15) is 19.8 Å². The molecule has 0 amide bonds. The second-order valence-electron chi connectivity index (χ2n) is 14.1. The van der Waals surface area contributed by atoms with Crippen molar-refractivity contribution >= 4 is 19.8 Å². The maximum Gasteiger partial charge on any atom is 0.331 e. The SMILES string of the molecule is CCCCCCCCCCCC=CC=CC(=O)OC[C@H](COP(=O)([O-])OCC[N+](C)(C)C)OC(=O)C=CC=CCCCCCCCCCCC. The molecule has 0 aromatic carbocycles. The lowest BCUT2D eigenvalue weighted by Gasteiger charge is -2.28. The van der Waals surface area contributed by atoms with Gasteiger partial charge in [0, 0.05) is 12.2 Å². The van der Waals surface area contributed by atoms with Crippen LogP contribution in [-0.4, -0.2) is 70.0 Å². The highest BCUT2D eigenvalue weighted by Gasteiger charge is 2.20. The smallest absolute Gasteiger partial charge is 0.331 e. The Bertz CT molecular complexity index is 1000. The van der Waals surface area contributed by atoms with E-state index in [-0.39, 0.29) is 13.2 Å². The van der Waals surface area contributed by atoms with Gasteiger partial charge in [-0.15, -0.1) is 0 Å². The van der Waals surface area contributed by atoms with E-state index in [2.05, 4.69) is 13.8 Å². The summed E-state index contributed by atoms with van der Waals surface area (Å²) in [7, 11) is 1.06. The topological polar surface area (TPSA) is 111 Å². The van der Waals surface area contributed by atoms with Gasteiger partial charge in [-0.1, -0.05) is 153 Å². The molecule has 0 saturated heterocycles. The van der Waals surface area contributed by atoms with E-state index in [9.17, 15) is 19.0 Å². The minimum absolute atomic E-state index is 0.0602. The molecule has 0 spiro atoms. The van der Waals surface area contributed by atoms with Crippen LogP contribution in [0.3, 0.4) is 0 Å². The Hall–Kier alpha value is -2.03. The molecule has 0 N–H and O–H groups in total. The summed E-state index contributed by atoms with van der Waals surface area (Å²) in [4.78, 5) is 37.1. The maximum atomic E-state index is 12.5. The highest BCUT2D eigenvalue weighted by molar-refractivity contribution is 7.45. The van der Waals surface area contributed by atoms with E-state index >= 15 is 0 Å². The molecule has 0 radical (unpaired) electrons. The molecule has 290 valence electrons. The van der Waals surface area contributed by atoms with Gasteiger partial charge in [-0.2, -0.15) is 0 Å². The predicted molar refractivity (Wildman–Crippen MR) is 203 cm³/mol. The fourth-order valence-corrected chi connectivity index (χ4v) is 5.67. The predicted octanol–water partition coefficient (Wildman–Crippen LogP) is 9.72. The summed E-state index contributed by atoms with van der Waals surface area (Å²) in [5, 5.41) is 0. The zero-order valence-electron chi connectivity index (χ0n) is 32.3. The summed E-state index contributed by atoms with van der Waals surface area (Å²) in [6.07, 6.45) is 36.9. The Balaban J connectivity index is 4.67. The Kier molecular flexibility index (Phi) is 31.5. The van der Waals surface area contributed by atoms with Gasteiger partial charge >= 0.3 is 11.9 Å². The fraction of sp³-hybridized carbons (Fsp3) is 0.750. The van der Waals surface area contributed by atoms with Crippen molar-refractivity contribution in [3.63, 3.8) is 0 Å². The summed E-state index contributed by atoms with van der Waals surface area (Å²) < 4.78 is 33.3. The highest BCUT2D eigenvalue weighted by Crippen LogP contribution is 2.38. The average molecular weight is 726 g/mol. The Morgan fingerprint density at radius 2 is 1.06 bits per heavy atom. The van der Waals surface area contributed by atoms with Crippen LogP contribution in [0.1, 0.15) is 142 Å². The van der Waals surface area contributed by atoms with Crippen molar-refractivity contribution in [2.24, 2.45) is 0 Å². The second-order valence-corrected chi connectivity index (χ2v) is 15.5. The van der Waals surface area contributed by atoms with E-state index in [1.807, 2.05) is 39.4 Å². The van der Waals surface area contributed by atoms with E-state index in [0.29, 0.717) is 11.0 Å². The Morgan fingerprint density at radius 1 is 0.620 bits per heavy atom. The molecular formula is C40H72NO8P. The lowest BCUT2D eigenvalue weighted by molar-refractivity contribution is -0.870. The summed E-state index contributed by atoms with van der Waals surface area (Å²) in [6, 6.07) is 0. The Labute approximate surface area is 305 Å². The lowest BCUT2D eigenvalue weighted by Crippen LogP contribution is -2.37. The fourth-order valence-electron chi connectivity index (χ4n) is 4.94. The van der Waals surface area contributed by atoms with Crippen LogP contribution in [0.4, 0.5) is 0 Å². The van der Waals surface area contributed by atoms with E-state index in [1.54, 1.807) is 18.2 Å². The van der Waals surface area contributed by atoms with Gasteiger partial charge in [0.2, 0.25) is 0 Å². The standard InChI is InChI=1S/C40H72NO8P/c1-6-8-10-12-14-16-18-20-22-24-26-28-30-32-39(42)46-36-38(37-48-50(44,45)47-35-34-41(3,4)5)49-40(43)33-31-29-27-25-23-21-19-17-15-13-11-9-7-2/h26-33,38H,6-25,34-37H2,1-5H3/t38-/m1/s1. The molecule has 0 aromatic rings. The summed E-state index contributed by atoms with van der Waals surface area (Å²) in [5.41, 5.74) is 0. The Morgan fingerprint density at radius 3 is 1.52 bits per heavy atom. The molecule has 1 unspecified atom stereocenters. The number of unbranched alkanes of at least 4 members (excludes halogenated alkanes) is 18. The highest BCUT2D eigenvalue weighted by atomic mass is 31.2. The number of nitrogens with zero attached hydrogens (tertiary/aromatic N) is 1. The first-order chi connectivity index (χ1) is 24.0. The molecule has 9 nitrogen and oxygen atoms in total. The van der Waals surface area contributed by atoms with Crippen LogP contribution in [-0.2, 0) is 32.7 Å². The molecule has 0 saturated carbocycles. The number of allylic oxidation sites excluding steroid dienone is 6. The molecule has 10 heteroatoms. The van der Waals surface area contributed by atoms with Gasteiger partial charge in [0.05, 0.1) is 27.7 Å². The minimum Gasteiger partial charge on any atom is -0.756 e. The van der Waals surface area contributed by atoms with Gasteiger partial charge in [-0.25, -0.2) is 9.59 Å². The number of quaternary nitrogens is 1. The van der Waals surface area contributed by atoms with Crippen LogP contribution in [0.2, 0.25) is 0 Å². The van der Waals surface area contributed by atoms with Gasteiger partial charge in [0.25, 0.3) is 7.82 Å². The first-order valence-electron chi connectivity index (χ1n) is 19.4. The average Bonchev–Trinajstić information content (AvgIpc) is 3.06. The molecule has 2 atom stereocenters. The molecule has 0 rings (SSSR count). The number of hydrogen-bond acceptors (Lipinski definition) is 8. The molecule has 0 heterocycles. The third-order valence-corrected chi connectivity index (χ3v) is 9.00. The number of carbonyl (C=O) groups is 2. The van der Waals surface area contributed by atoms with Gasteiger partial charge in [0.15, 0.2) is 6.10 Å². The van der Waals surface area contributed by atoms with Gasteiger partial charge in [-0.3, -0.25) is 4.57 Å². The van der Waals surface area contributed by atoms with Crippen molar-refractivity contribution in [1.82, 2.24) is 0 Å². The number of carbonyl (C=O) groups excluding carboxylic acids is 2. The first kappa shape index (κ1) is 48.0. The van der Waals surface area contributed by atoms with Gasteiger partial charge in [-0.05, 0) is 25.7 Å². The second kappa shape index (κ2) is 32.8. The van der Waals surface area contributed by atoms with Crippen LogP contribution in [0, 0.1) is 0 Å². The molecule has 0 bridgehead atoms. The van der Waals surface area contributed by atoms with E-state index in [1.165, 1.54) is 115 Å². The van der Waals surface area contributed by atoms with Crippen LogP contribution in [0.15, 0.2) is 48.6 Å². The van der Waals surface area contributed by atoms with Crippen molar-refractivity contribution < 1.29 is 42.1 Å². The number of hydrogen-bond donors (Lipinski definition) is 0. The third-order valence-electron chi connectivity index (χ3n) is 8.03. The zero-order chi connectivity index (χ0) is 37.2. The number of esters is 2. The van der Waals surface area contributed by atoms with Crippen LogP contribution >= 0.6 is 7.82 Å². The number of likely N-dealkylation sites (N-methyl/N-ethyl adjacent to an activating group) is 1. The summed E-state index contributed by atoms with van der Waals surface area (Å²) in [5.74, 6) is -1.35. The monoisotopic (exact) mass is 725 g/mol. The van der Waals surface area contributed by atoms with Crippen molar-refractivity contribution in [2.75, 3.05) is 47.5 Å². The molecule has 0 aliphatic rings. The molecule has 0 aromatic heterocycles. The quantitative estimate of drug-likeness (QED) is 0.0161. The van der Waals surface area contributed by atoms with E-state index in [0.717, 1.165) is 25.7 Å². The van der Waals surface area contributed by atoms with Crippen molar-refractivity contribution in [2.45, 2.75) is 148 Å². The number of rotatable bonds is 34. The maximum absolute atomic E-state index is 12.5. The molecule has 0 fully saturated rings. The van der Waals surface area contributed by atoms with Crippen LogP contribution in [0.5, 0.6) is 0 Å². The molecule has 0 aliphatic carbocycles. The van der Waals surface area contributed by atoms with E-state index in [4.69, 9.17) is 18.5 Å². The van der Waals surface area contributed by atoms with Crippen molar-refractivity contribution in [3.8, 4) is 0 Å². The van der Waals surface area contributed by atoms with Crippen molar-refractivity contribution in [3.05, 3.63) is 48.6 Å². The molecule has 50 heavy (non-hydrogen) atoms. The zero-order valence-corrected chi connectivity index (χ0v) is 33.2. The largest absolute Gasteiger partial charge is 0.756 e. The molecular weight excluding hydrogens is 653 g/mol. The normalized spacial score (nSPS) is 14.3. The third kappa shape index (κ3) is 35.8. The van der Waals surface area contributed by atoms with Crippen LogP contribution < -0.4 is 4.89 Å². The number of phosphoric acid groups is 1. The van der Waals surface area contributed by atoms with Gasteiger partial charge < -0.3 is 27.9 Å². The lowest BCUT2D eigenvalue weighted by atomic mass is 10.1. The first-order valence-corrected chi connectivity index (χ1v) is 20.9. The summed E-state index contributed by atoms with van der Waals surface area (Å²) >= 11 is 0. The van der Waals surface area contributed by atoms with E-state index < -0.39 is 32.5 Å². The number of phosphoric ester groups is 1. The summed E-state index contributed by atoms with van der Waals surface area (Å²) in [6.45, 7) is 3.93.